The smallest absolute Gasteiger partial charge is 0.178 e. The van der Waals surface area contributed by atoms with Crippen LogP contribution in [-0.2, 0) is 4.79 Å². The molecule has 0 aromatic heterocycles. The molecule has 3 heteroatoms. The molecule has 4 aromatic rings. The second kappa shape index (κ2) is 10.7. The first-order valence-corrected chi connectivity index (χ1v) is 11.9. The number of ether oxygens (including phenoxy) is 1. The number of benzene rings is 4. The van der Waals surface area contributed by atoms with Crippen molar-refractivity contribution in [3.63, 3.8) is 0 Å². The molecule has 0 atom stereocenters. The molecule has 0 aliphatic heterocycles. The van der Waals surface area contributed by atoms with Crippen molar-refractivity contribution < 1.29 is 14.6 Å². The molecule has 0 bridgehead atoms. The van der Waals surface area contributed by atoms with Crippen molar-refractivity contribution in [1.29, 1.82) is 0 Å². The van der Waals surface area contributed by atoms with Gasteiger partial charge in [0.05, 0.1) is 7.11 Å². The highest BCUT2D eigenvalue weighted by Gasteiger charge is 2.19. The minimum atomic E-state index is -0.0403. The van der Waals surface area contributed by atoms with E-state index in [2.05, 4.69) is 30.0 Å². The van der Waals surface area contributed by atoms with Crippen LogP contribution in [0.25, 0.3) is 16.7 Å². The highest BCUT2D eigenvalue weighted by molar-refractivity contribution is 6.04. The number of hydrogen-bond donors (Lipinski definition) is 1. The second-order valence-electron chi connectivity index (χ2n) is 8.52. The maximum Gasteiger partial charge on any atom is 0.178 e. The van der Waals surface area contributed by atoms with Gasteiger partial charge in [-0.25, -0.2) is 0 Å². The van der Waals surface area contributed by atoms with E-state index >= 15 is 0 Å². The van der Waals surface area contributed by atoms with E-state index in [1.54, 1.807) is 43.5 Å². The van der Waals surface area contributed by atoms with Crippen LogP contribution in [-0.4, -0.2) is 18.0 Å². The summed E-state index contributed by atoms with van der Waals surface area (Å²) in [6, 6.07) is 31.1. The van der Waals surface area contributed by atoms with Crippen LogP contribution in [0, 0.1) is 11.8 Å². The van der Waals surface area contributed by atoms with E-state index in [-0.39, 0.29) is 11.5 Å². The molecule has 0 heterocycles. The summed E-state index contributed by atoms with van der Waals surface area (Å²) in [5.41, 5.74) is 7.60. The van der Waals surface area contributed by atoms with Crippen molar-refractivity contribution in [3.8, 4) is 34.5 Å². The van der Waals surface area contributed by atoms with Crippen LogP contribution in [0.2, 0.25) is 0 Å². The first-order chi connectivity index (χ1) is 18.1. The molecule has 1 N–H and O–H groups in total. The summed E-state index contributed by atoms with van der Waals surface area (Å²) in [5.74, 6) is 7.55. The van der Waals surface area contributed by atoms with Gasteiger partial charge in [-0.15, -0.1) is 0 Å². The van der Waals surface area contributed by atoms with Crippen molar-refractivity contribution in [2.24, 2.45) is 0 Å². The molecular weight excluding hydrogens is 456 g/mol. The maximum absolute atomic E-state index is 12.0. The van der Waals surface area contributed by atoms with E-state index in [0.717, 1.165) is 50.3 Å². The van der Waals surface area contributed by atoms with E-state index in [1.807, 2.05) is 66.7 Å². The average molecular weight is 481 g/mol. The Kier molecular flexibility index (Phi) is 6.83. The highest BCUT2D eigenvalue weighted by Crippen LogP contribution is 2.38. The van der Waals surface area contributed by atoms with E-state index in [9.17, 15) is 9.90 Å². The predicted octanol–water partition coefficient (Wildman–Crippen LogP) is 6.96. The lowest BCUT2D eigenvalue weighted by atomic mass is 9.83. The number of phenolic OH excluding ortho intramolecular Hbond substituents is 1. The van der Waals surface area contributed by atoms with Crippen LogP contribution in [0.4, 0.5) is 0 Å². The van der Waals surface area contributed by atoms with Crippen LogP contribution in [0.5, 0.6) is 11.5 Å². The van der Waals surface area contributed by atoms with E-state index in [1.165, 1.54) is 0 Å². The SMILES string of the molecule is COc1ccc(C(=C2C=CC(=O)C=C2)c2c(C#Cc3ccc(O)cc3)cccc2-c2ccccc2)cc1. The zero-order valence-electron chi connectivity index (χ0n) is 20.3. The predicted molar refractivity (Wildman–Crippen MR) is 148 cm³/mol. The molecule has 37 heavy (non-hydrogen) atoms. The Balaban J connectivity index is 1.80. The zero-order valence-corrected chi connectivity index (χ0v) is 20.3. The van der Waals surface area contributed by atoms with Gasteiger partial charge in [0.2, 0.25) is 0 Å². The Labute approximate surface area is 216 Å². The van der Waals surface area contributed by atoms with Crippen LogP contribution >= 0.6 is 0 Å². The summed E-state index contributed by atoms with van der Waals surface area (Å²) < 4.78 is 5.40. The van der Waals surface area contributed by atoms with Gasteiger partial charge in [0.25, 0.3) is 0 Å². The number of rotatable bonds is 4. The first kappa shape index (κ1) is 23.7. The third kappa shape index (κ3) is 5.29. The maximum atomic E-state index is 12.0. The minimum Gasteiger partial charge on any atom is -0.508 e. The topological polar surface area (TPSA) is 46.5 Å². The number of allylic oxidation sites excluding steroid dienone is 5. The van der Waals surface area contributed by atoms with Gasteiger partial charge >= 0.3 is 0 Å². The van der Waals surface area contributed by atoms with Crippen molar-refractivity contribution >= 4 is 11.4 Å². The summed E-state index contributed by atoms with van der Waals surface area (Å²) in [5, 5.41) is 9.65. The average Bonchev–Trinajstić information content (AvgIpc) is 2.95. The van der Waals surface area contributed by atoms with Gasteiger partial charge in [-0.05, 0) is 82.5 Å². The Bertz CT molecular complexity index is 1570. The highest BCUT2D eigenvalue weighted by atomic mass is 16.5. The van der Waals surface area contributed by atoms with Crippen molar-refractivity contribution in [1.82, 2.24) is 0 Å². The number of phenols is 1. The molecule has 178 valence electrons. The molecule has 0 unspecified atom stereocenters. The Hall–Kier alpha value is -5.07. The van der Waals surface area contributed by atoms with E-state index in [4.69, 9.17) is 4.74 Å². The third-order valence-corrected chi connectivity index (χ3v) is 6.13. The molecule has 0 spiro atoms. The molecule has 1 aliphatic rings. The fourth-order valence-electron chi connectivity index (χ4n) is 4.30. The Morgan fingerprint density at radius 2 is 1.43 bits per heavy atom. The Morgan fingerprint density at radius 1 is 0.730 bits per heavy atom. The number of hydrogen-bond acceptors (Lipinski definition) is 3. The lowest BCUT2D eigenvalue weighted by Crippen LogP contribution is -2.01. The first-order valence-electron chi connectivity index (χ1n) is 11.9. The fourth-order valence-corrected chi connectivity index (χ4v) is 4.30. The van der Waals surface area contributed by atoms with Gasteiger partial charge in [0, 0.05) is 16.7 Å². The minimum absolute atomic E-state index is 0.0403. The summed E-state index contributed by atoms with van der Waals surface area (Å²) in [6.07, 6.45) is 6.90. The molecule has 3 nitrogen and oxygen atoms in total. The molecular formula is C34H24O3. The number of methoxy groups -OCH3 is 1. The second-order valence-corrected chi connectivity index (χ2v) is 8.52. The van der Waals surface area contributed by atoms with Crippen molar-refractivity contribution in [2.45, 2.75) is 0 Å². The van der Waals surface area contributed by atoms with Gasteiger partial charge in [0.1, 0.15) is 11.5 Å². The molecule has 4 aromatic carbocycles. The molecule has 0 radical (unpaired) electrons. The van der Waals surface area contributed by atoms with Gasteiger partial charge in [-0.3, -0.25) is 4.79 Å². The van der Waals surface area contributed by atoms with Crippen molar-refractivity contribution in [2.75, 3.05) is 7.11 Å². The molecule has 5 rings (SSSR count). The molecule has 0 saturated carbocycles. The normalized spacial score (nSPS) is 12.1. The standard InChI is InChI=1S/C34H24O3/c1-37-31-22-16-28(17-23-31)33(27-14-20-30(36)21-15-27)34-26(13-10-24-11-18-29(35)19-12-24)8-5-9-32(34)25-6-3-2-4-7-25/h2-9,11-12,14-23,35H,1H3. The van der Waals surface area contributed by atoms with Gasteiger partial charge in [-0.2, -0.15) is 0 Å². The summed E-state index contributed by atoms with van der Waals surface area (Å²) in [7, 11) is 1.65. The number of carbonyl (C=O) groups excluding carboxylic acids is 1. The molecule has 0 saturated heterocycles. The lowest BCUT2D eigenvalue weighted by molar-refractivity contribution is -0.110. The van der Waals surface area contributed by atoms with Gasteiger partial charge < -0.3 is 9.84 Å². The van der Waals surface area contributed by atoms with E-state index in [0.29, 0.717) is 0 Å². The number of carbonyl (C=O) groups is 1. The van der Waals surface area contributed by atoms with Crippen LogP contribution in [0.1, 0.15) is 22.3 Å². The Morgan fingerprint density at radius 3 is 2.11 bits per heavy atom. The monoisotopic (exact) mass is 480 g/mol. The molecule has 0 amide bonds. The lowest BCUT2D eigenvalue weighted by Gasteiger charge is -2.19. The quantitative estimate of drug-likeness (QED) is 0.321. The summed E-state index contributed by atoms with van der Waals surface area (Å²) in [4.78, 5) is 12.0. The fraction of sp³-hybridized carbons (Fsp3) is 0.0294. The van der Waals surface area contributed by atoms with Crippen LogP contribution in [0.15, 0.2) is 127 Å². The van der Waals surface area contributed by atoms with E-state index < -0.39 is 0 Å². The van der Waals surface area contributed by atoms with Crippen LogP contribution < -0.4 is 4.74 Å². The number of ketones is 1. The van der Waals surface area contributed by atoms with Gasteiger partial charge in [0.15, 0.2) is 5.78 Å². The summed E-state index contributed by atoms with van der Waals surface area (Å²) >= 11 is 0. The number of aromatic hydroxyl groups is 1. The zero-order chi connectivity index (χ0) is 25.6. The third-order valence-electron chi connectivity index (χ3n) is 6.13. The van der Waals surface area contributed by atoms with Crippen molar-refractivity contribution in [3.05, 3.63) is 149 Å². The largest absolute Gasteiger partial charge is 0.508 e. The molecule has 1 aliphatic carbocycles. The van der Waals surface area contributed by atoms with Crippen LogP contribution in [0.3, 0.4) is 0 Å². The van der Waals surface area contributed by atoms with Gasteiger partial charge in [-0.1, -0.05) is 78.6 Å². The molecule has 0 fully saturated rings. The summed E-state index contributed by atoms with van der Waals surface area (Å²) in [6.45, 7) is 0.